The summed E-state index contributed by atoms with van der Waals surface area (Å²) in [4.78, 5) is 0. The van der Waals surface area contributed by atoms with Crippen LogP contribution in [0.15, 0.2) is 0 Å². The van der Waals surface area contributed by atoms with Crippen LogP contribution < -0.4 is 0 Å². The molecule has 0 nitrogen and oxygen atoms in total. The highest BCUT2D eigenvalue weighted by atomic mass is 79.9. The first-order chi connectivity index (χ1) is 4.66. The molecule has 2 saturated carbocycles. The molecule has 0 radical (unpaired) electrons. The van der Waals surface area contributed by atoms with Crippen LogP contribution in [-0.2, 0) is 0 Å². The summed E-state index contributed by atoms with van der Waals surface area (Å²) in [6.45, 7) is 0. The highest BCUT2D eigenvalue weighted by Gasteiger charge is 2.63. The fourth-order valence-electron chi connectivity index (χ4n) is 2.15. The first kappa shape index (κ1) is 7.60. The van der Waals surface area contributed by atoms with E-state index in [1.807, 2.05) is 0 Å². The number of alkyl halides is 2. The van der Waals surface area contributed by atoms with Crippen LogP contribution >= 0.6 is 31.9 Å². The zero-order valence-corrected chi connectivity index (χ0v) is 9.17. The van der Waals surface area contributed by atoms with Crippen LogP contribution in [0.5, 0.6) is 0 Å². The molecule has 2 fully saturated rings. The quantitative estimate of drug-likeness (QED) is 0.586. The summed E-state index contributed by atoms with van der Waals surface area (Å²) in [5.74, 6) is 0. The second-order valence-corrected chi connectivity index (χ2v) is 7.49. The molecule has 2 aliphatic rings. The van der Waals surface area contributed by atoms with Gasteiger partial charge in [-0.15, -0.1) is 0 Å². The van der Waals surface area contributed by atoms with Crippen LogP contribution in [-0.4, -0.2) is 3.23 Å². The third-order valence-electron chi connectivity index (χ3n) is 3.02. The molecular formula is C8H12Br2. The van der Waals surface area contributed by atoms with E-state index >= 15 is 0 Å². The Morgan fingerprint density at radius 3 is 1.70 bits per heavy atom. The molecule has 0 heterocycles. The summed E-state index contributed by atoms with van der Waals surface area (Å²) in [6, 6.07) is 0. The molecule has 2 heteroatoms. The Balaban J connectivity index is 2.05. The lowest BCUT2D eigenvalue weighted by Crippen LogP contribution is -2.12. The standard InChI is InChI=1S/C8H12Br2/c9-8(10)6-7(8)4-2-1-3-5-7/h1-6H2. The van der Waals surface area contributed by atoms with Crippen molar-refractivity contribution in [1.29, 1.82) is 0 Å². The lowest BCUT2D eigenvalue weighted by Gasteiger charge is -2.22. The van der Waals surface area contributed by atoms with Crippen molar-refractivity contribution in [2.24, 2.45) is 5.41 Å². The minimum absolute atomic E-state index is 0.341. The van der Waals surface area contributed by atoms with Gasteiger partial charge in [0.15, 0.2) is 0 Å². The van der Waals surface area contributed by atoms with Crippen LogP contribution in [0.2, 0.25) is 0 Å². The van der Waals surface area contributed by atoms with Crippen molar-refractivity contribution in [3.05, 3.63) is 0 Å². The van der Waals surface area contributed by atoms with Crippen LogP contribution in [0.3, 0.4) is 0 Å². The van der Waals surface area contributed by atoms with E-state index in [1.54, 1.807) is 0 Å². The Bertz CT molecular complexity index is 145. The van der Waals surface area contributed by atoms with Crippen molar-refractivity contribution in [2.75, 3.05) is 0 Å². The maximum Gasteiger partial charge on any atom is 0.0868 e. The topological polar surface area (TPSA) is 0 Å². The van der Waals surface area contributed by atoms with Crippen molar-refractivity contribution >= 4 is 31.9 Å². The van der Waals surface area contributed by atoms with Crippen LogP contribution in [0.25, 0.3) is 0 Å². The third kappa shape index (κ3) is 0.989. The number of hydrogen-bond acceptors (Lipinski definition) is 0. The molecule has 2 aliphatic carbocycles. The van der Waals surface area contributed by atoms with Crippen LogP contribution in [0, 0.1) is 5.41 Å². The number of hydrogen-bond donors (Lipinski definition) is 0. The van der Waals surface area contributed by atoms with Gasteiger partial charge in [0.05, 0.1) is 3.23 Å². The van der Waals surface area contributed by atoms with Crippen molar-refractivity contribution in [3.63, 3.8) is 0 Å². The molecule has 0 unspecified atom stereocenters. The van der Waals surface area contributed by atoms with E-state index in [9.17, 15) is 0 Å². The molecule has 0 amide bonds. The van der Waals surface area contributed by atoms with Gasteiger partial charge < -0.3 is 0 Å². The molecule has 0 aromatic carbocycles. The lowest BCUT2D eigenvalue weighted by atomic mass is 9.86. The molecule has 0 N–H and O–H groups in total. The lowest BCUT2D eigenvalue weighted by molar-refractivity contribution is 0.337. The number of halogens is 2. The minimum atomic E-state index is 0.341. The van der Waals surface area contributed by atoms with Gasteiger partial charge in [0.1, 0.15) is 0 Å². The summed E-state index contributed by atoms with van der Waals surface area (Å²) < 4.78 is 0.341. The Morgan fingerprint density at radius 2 is 1.40 bits per heavy atom. The average molecular weight is 268 g/mol. The predicted octanol–water partition coefficient (Wildman–Crippen LogP) is 3.83. The smallest absolute Gasteiger partial charge is 0.0721 e. The van der Waals surface area contributed by atoms with Crippen molar-refractivity contribution in [3.8, 4) is 0 Å². The summed E-state index contributed by atoms with van der Waals surface area (Å²) >= 11 is 7.44. The Morgan fingerprint density at radius 1 is 0.900 bits per heavy atom. The Hall–Kier alpha value is 0.960. The summed E-state index contributed by atoms with van der Waals surface area (Å²) in [5.41, 5.74) is 0.658. The highest BCUT2D eigenvalue weighted by Crippen LogP contribution is 2.72. The van der Waals surface area contributed by atoms with E-state index in [0.717, 1.165) is 0 Å². The highest BCUT2D eigenvalue weighted by molar-refractivity contribution is 9.25. The van der Waals surface area contributed by atoms with E-state index in [4.69, 9.17) is 0 Å². The van der Waals surface area contributed by atoms with Crippen LogP contribution in [0.4, 0.5) is 0 Å². The molecule has 10 heavy (non-hydrogen) atoms. The third-order valence-corrected chi connectivity index (χ3v) is 5.26. The summed E-state index contributed by atoms with van der Waals surface area (Å²) in [7, 11) is 0. The van der Waals surface area contributed by atoms with Gasteiger partial charge in [0.25, 0.3) is 0 Å². The van der Waals surface area contributed by atoms with E-state index in [0.29, 0.717) is 8.65 Å². The second-order valence-electron chi connectivity index (χ2n) is 3.72. The predicted molar refractivity (Wildman–Crippen MR) is 50.7 cm³/mol. The Labute approximate surface area is 79.0 Å². The molecular weight excluding hydrogens is 256 g/mol. The Kier molecular flexibility index (Phi) is 1.69. The molecule has 2 rings (SSSR count). The van der Waals surface area contributed by atoms with Gasteiger partial charge >= 0.3 is 0 Å². The monoisotopic (exact) mass is 266 g/mol. The van der Waals surface area contributed by atoms with Crippen LogP contribution in [0.1, 0.15) is 38.5 Å². The summed E-state index contributed by atoms with van der Waals surface area (Å²) in [6.07, 6.45) is 8.56. The maximum atomic E-state index is 3.72. The molecule has 0 aromatic heterocycles. The first-order valence-corrected chi connectivity index (χ1v) is 5.63. The van der Waals surface area contributed by atoms with E-state index in [-0.39, 0.29) is 0 Å². The van der Waals surface area contributed by atoms with Gasteiger partial charge in [0.2, 0.25) is 0 Å². The van der Waals surface area contributed by atoms with Gasteiger partial charge in [0, 0.05) is 0 Å². The maximum absolute atomic E-state index is 3.72. The fourth-order valence-corrected chi connectivity index (χ4v) is 4.02. The molecule has 58 valence electrons. The van der Waals surface area contributed by atoms with Crippen molar-refractivity contribution in [1.82, 2.24) is 0 Å². The summed E-state index contributed by atoms with van der Waals surface area (Å²) in [5, 5.41) is 0. The average Bonchev–Trinajstić information content (AvgIpc) is 2.36. The van der Waals surface area contributed by atoms with E-state index < -0.39 is 0 Å². The van der Waals surface area contributed by atoms with Crippen molar-refractivity contribution < 1.29 is 0 Å². The van der Waals surface area contributed by atoms with Gasteiger partial charge in [-0.3, -0.25) is 0 Å². The number of rotatable bonds is 0. The van der Waals surface area contributed by atoms with Crippen molar-refractivity contribution in [2.45, 2.75) is 41.8 Å². The largest absolute Gasteiger partial charge is 0.0868 e. The molecule has 1 spiro atoms. The van der Waals surface area contributed by atoms with Gasteiger partial charge in [-0.1, -0.05) is 51.1 Å². The SMILES string of the molecule is BrC1(Br)CC12CCCCC2. The minimum Gasteiger partial charge on any atom is -0.0721 e. The first-order valence-electron chi connectivity index (χ1n) is 4.04. The molecule has 0 saturated heterocycles. The molecule has 0 bridgehead atoms. The molecule has 0 aliphatic heterocycles. The molecule has 0 atom stereocenters. The second kappa shape index (κ2) is 2.22. The zero-order valence-electron chi connectivity index (χ0n) is 6.00. The van der Waals surface area contributed by atoms with E-state index in [1.165, 1.54) is 38.5 Å². The molecule has 0 aromatic rings. The normalized spacial score (nSPS) is 34.2. The fraction of sp³-hybridized carbons (Fsp3) is 1.00. The zero-order chi connectivity index (χ0) is 7.24. The van der Waals surface area contributed by atoms with E-state index in [2.05, 4.69) is 31.9 Å². The van der Waals surface area contributed by atoms with Gasteiger partial charge in [-0.2, -0.15) is 0 Å². The van der Waals surface area contributed by atoms with Gasteiger partial charge in [-0.25, -0.2) is 0 Å². The van der Waals surface area contributed by atoms with Gasteiger partial charge in [-0.05, 0) is 24.7 Å².